The van der Waals surface area contributed by atoms with Gasteiger partial charge in [0.1, 0.15) is 0 Å². The van der Waals surface area contributed by atoms with E-state index >= 15 is 0 Å². The summed E-state index contributed by atoms with van der Waals surface area (Å²) in [6.07, 6.45) is 0. The van der Waals surface area contributed by atoms with Gasteiger partial charge < -0.3 is 5.11 Å². The van der Waals surface area contributed by atoms with E-state index in [-0.39, 0.29) is 0 Å². The summed E-state index contributed by atoms with van der Waals surface area (Å²) in [6, 6.07) is 6.18. The van der Waals surface area contributed by atoms with Crippen LogP contribution >= 0.6 is 11.3 Å². The molecule has 1 unspecified atom stereocenters. The molecule has 1 aromatic heterocycles. The van der Waals surface area contributed by atoms with Crippen molar-refractivity contribution >= 4 is 27.4 Å². The third-order valence-electron chi connectivity index (χ3n) is 2.87. The highest BCUT2D eigenvalue weighted by Crippen LogP contribution is 2.36. The molecule has 0 aliphatic heterocycles. The summed E-state index contributed by atoms with van der Waals surface area (Å²) in [5.74, 6) is -1.19. The fourth-order valence-corrected chi connectivity index (χ4v) is 3.27. The van der Waals surface area contributed by atoms with Gasteiger partial charge in [0.2, 0.25) is 0 Å². The summed E-state index contributed by atoms with van der Waals surface area (Å²) in [4.78, 5) is 12.2. The second kappa shape index (κ2) is 3.91. The van der Waals surface area contributed by atoms with Crippen LogP contribution in [0.2, 0.25) is 0 Å². The molecule has 1 N–H and O–H groups in total. The number of carbonyl (C=O) groups is 1. The molecule has 0 aliphatic carbocycles. The quantitative estimate of drug-likeness (QED) is 0.860. The SMILES string of the molecule is Cc1ccc2c(C(C)C(=O)O)c(C)sc2c1. The summed E-state index contributed by atoms with van der Waals surface area (Å²) in [5.41, 5.74) is 2.18. The van der Waals surface area contributed by atoms with Crippen LogP contribution in [0.25, 0.3) is 10.1 Å². The Labute approximate surface area is 98.5 Å². The van der Waals surface area contributed by atoms with Gasteiger partial charge in [-0.1, -0.05) is 12.1 Å². The monoisotopic (exact) mass is 234 g/mol. The molecule has 2 nitrogen and oxygen atoms in total. The van der Waals surface area contributed by atoms with E-state index in [0.717, 1.165) is 15.8 Å². The van der Waals surface area contributed by atoms with Crippen molar-refractivity contribution in [1.82, 2.24) is 0 Å². The van der Waals surface area contributed by atoms with Crippen molar-refractivity contribution in [1.29, 1.82) is 0 Å². The van der Waals surface area contributed by atoms with E-state index in [1.165, 1.54) is 10.3 Å². The summed E-state index contributed by atoms with van der Waals surface area (Å²) in [5, 5.41) is 10.2. The molecule has 1 heterocycles. The molecule has 0 radical (unpaired) electrons. The maximum Gasteiger partial charge on any atom is 0.310 e. The lowest BCUT2D eigenvalue weighted by Crippen LogP contribution is -2.07. The zero-order valence-corrected chi connectivity index (χ0v) is 10.4. The van der Waals surface area contributed by atoms with E-state index in [9.17, 15) is 4.79 Å². The van der Waals surface area contributed by atoms with Crippen LogP contribution in [0.15, 0.2) is 18.2 Å². The zero-order chi connectivity index (χ0) is 11.9. The molecule has 0 bridgehead atoms. The molecule has 0 amide bonds. The van der Waals surface area contributed by atoms with Crippen LogP contribution in [0.1, 0.15) is 28.8 Å². The minimum absolute atomic E-state index is 0.434. The lowest BCUT2D eigenvalue weighted by atomic mass is 9.98. The highest BCUT2D eigenvalue weighted by Gasteiger charge is 2.20. The van der Waals surface area contributed by atoms with Crippen molar-refractivity contribution < 1.29 is 9.90 Å². The lowest BCUT2D eigenvalue weighted by Gasteiger charge is -2.06. The van der Waals surface area contributed by atoms with E-state index < -0.39 is 11.9 Å². The largest absolute Gasteiger partial charge is 0.481 e. The molecule has 0 spiro atoms. The van der Waals surface area contributed by atoms with Crippen LogP contribution in [0.3, 0.4) is 0 Å². The number of hydrogen-bond donors (Lipinski definition) is 1. The molecule has 84 valence electrons. The second-order valence-electron chi connectivity index (χ2n) is 4.13. The van der Waals surface area contributed by atoms with Crippen molar-refractivity contribution in [3.63, 3.8) is 0 Å². The number of hydrogen-bond acceptors (Lipinski definition) is 2. The molecular weight excluding hydrogens is 220 g/mol. The smallest absolute Gasteiger partial charge is 0.310 e. The molecule has 2 aromatic rings. The lowest BCUT2D eigenvalue weighted by molar-refractivity contribution is -0.138. The van der Waals surface area contributed by atoms with E-state index in [4.69, 9.17) is 5.11 Å². The van der Waals surface area contributed by atoms with Crippen molar-refractivity contribution in [2.75, 3.05) is 0 Å². The van der Waals surface area contributed by atoms with Gasteiger partial charge in [0.15, 0.2) is 0 Å². The molecule has 0 saturated heterocycles. The molecule has 1 aromatic carbocycles. The third kappa shape index (κ3) is 1.71. The highest BCUT2D eigenvalue weighted by atomic mass is 32.1. The van der Waals surface area contributed by atoms with Crippen LogP contribution in [0.4, 0.5) is 0 Å². The predicted molar refractivity (Wildman–Crippen MR) is 67.3 cm³/mol. The average Bonchev–Trinajstić information content (AvgIpc) is 2.51. The Morgan fingerprint density at radius 1 is 1.38 bits per heavy atom. The van der Waals surface area contributed by atoms with Crippen molar-refractivity contribution in [2.24, 2.45) is 0 Å². The van der Waals surface area contributed by atoms with Gasteiger partial charge in [-0.2, -0.15) is 0 Å². The van der Waals surface area contributed by atoms with Crippen molar-refractivity contribution in [2.45, 2.75) is 26.7 Å². The minimum atomic E-state index is -0.761. The fraction of sp³-hybridized carbons (Fsp3) is 0.308. The number of aryl methyl sites for hydroxylation is 2. The Hall–Kier alpha value is -1.35. The Morgan fingerprint density at radius 3 is 2.69 bits per heavy atom. The number of rotatable bonds is 2. The van der Waals surface area contributed by atoms with Crippen molar-refractivity contribution in [3.05, 3.63) is 34.2 Å². The number of fused-ring (bicyclic) bond motifs is 1. The third-order valence-corrected chi connectivity index (χ3v) is 3.96. The summed E-state index contributed by atoms with van der Waals surface area (Å²) >= 11 is 1.68. The van der Waals surface area contributed by atoms with Gasteiger partial charge in [-0.25, -0.2) is 0 Å². The first-order chi connectivity index (χ1) is 7.50. The molecule has 1 atom stereocenters. The molecule has 0 fully saturated rings. The van der Waals surface area contributed by atoms with Gasteiger partial charge >= 0.3 is 5.97 Å². The Morgan fingerprint density at radius 2 is 2.06 bits per heavy atom. The van der Waals surface area contributed by atoms with Gasteiger partial charge in [-0.15, -0.1) is 11.3 Å². The van der Waals surface area contributed by atoms with Gasteiger partial charge in [-0.3, -0.25) is 4.79 Å². The van der Waals surface area contributed by atoms with E-state index in [1.54, 1.807) is 18.3 Å². The predicted octanol–water partition coefficient (Wildman–Crippen LogP) is 3.71. The molecule has 0 saturated carbocycles. The van der Waals surface area contributed by atoms with Gasteiger partial charge in [0, 0.05) is 9.58 Å². The van der Waals surface area contributed by atoms with Crippen LogP contribution in [0.5, 0.6) is 0 Å². The normalized spacial score (nSPS) is 12.9. The number of thiophene rings is 1. The van der Waals surface area contributed by atoms with Gasteiger partial charge in [0.05, 0.1) is 5.92 Å². The van der Waals surface area contributed by atoms with Crippen LogP contribution in [0, 0.1) is 13.8 Å². The summed E-state index contributed by atoms with van der Waals surface area (Å²) in [6.45, 7) is 5.79. The van der Waals surface area contributed by atoms with Gasteiger partial charge in [-0.05, 0) is 43.4 Å². The van der Waals surface area contributed by atoms with Gasteiger partial charge in [0.25, 0.3) is 0 Å². The Kier molecular flexibility index (Phi) is 2.72. The van der Waals surface area contributed by atoms with Crippen LogP contribution < -0.4 is 0 Å². The standard InChI is InChI=1S/C13H14O2S/c1-7-4-5-10-11(6-7)16-9(3)12(10)8(2)13(14)15/h4-6,8H,1-3H3,(H,14,15). The van der Waals surface area contributed by atoms with Crippen molar-refractivity contribution in [3.8, 4) is 0 Å². The Bertz CT molecular complexity index is 554. The molecule has 3 heteroatoms. The minimum Gasteiger partial charge on any atom is -0.481 e. The first-order valence-corrected chi connectivity index (χ1v) is 6.05. The average molecular weight is 234 g/mol. The highest BCUT2D eigenvalue weighted by molar-refractivity contribution is 7.19. The molecule has 16 heavy (non-hydrogen) atoms. The van der Waals surface area contributed by atoms with Crippen LogP contribution in [-0.2, 0) is 4.79 Å². The van der Waals surface area contributed by atoms with E-state index in [1.807, 2.05) is 19.1 Å². The molecule has 0 aliphatic rings. The number of benzene rings is 1. The summed E-state index contributed by atoms with van der Waals surface area (Å²) < 4.78 is 1.18. The second-order valence-corrected chi connectivity index (χ2v) is 5.39. The number of carboxylic acid groups (broad SMARTS) is 1. The Balaban J connectivity index is 2.69. The van der Waals surface area contributed by atoms with E-state index in [0.29, 0.717) is 0 Å². The van der Waals surface area contributed by atoms with E-state index in [2.05, 4.69) is 13.0 Å². The topological polar surface area (TPSA) is 37.3 Å². The summed E-state index contributed by atoms with van der Waals surface area (Å²) in [7, 11) is 0. The maximum absolute atomic E-state index is 11.1. The maximum atomic E-state index is 11.1. The number of aliphatic carboxylic acids is 1. The fourth-order valence-electron chi connectivity index (χ4n) is 2.01. The molecular formula is C13H14O2S. The first-order valence-electron chi connectivity index (χ1n) is 5.23. The number of carboxylic acids is 1. The zero-order valence-electron chi connectivity index (χ0n) is 9.57. The van der Waals surface area contributed by atoms with Crippen LogP contribution in [-0.4, -0.2) is 11.1 Å². The molecule has 2 rings (SSSR count). The first kappa shape index (κ1) is 11.1.